The summed E-state index contributed by atoms with van der Waals surface area (Å²) in [6.45, 7) is 4.12. The Morgan fingerprint density at radius 3 is 3.00 bits per heavy atom. The smallest absolute Gasteiger partial charge is 0.129 e. The summed E-state index contributed by atoms with van der Waals surface area (Å²) in [7, 11) is 0. The fraction of sp³-hybridized carbons (Fsp3) is 0.273. The monoisotopic (exact) mass is 202 g/mol. The summed E-state index contributed by atoms with van der Waals surface area (Å²) in [4.78, 5) is 4.29. The molecule has 0 aliphatic rings. The van der Waals surface area contributed by atoms with Crippen molar-refractivity contribution in [1.29, 1.82) is 0 Å². The number of hydrogen-bond acceptors (Lipinski definition) is 3. The number of aromatic nitrogens is 3. The van der Waals surface area contributed by atoms with Gasteiger partial charge in [0.1, 0.15) is 5.82 Å². The van der Waals surface area contributed by atoms with E-state index < -0.39 is 0 Å². The molecule has 0 saturated carbocycles. The van der Waals surface area contributed by atoms with E-state index in [2.05, 4.69) is 27.4 Å². The predicted octanol–water partition coefficient (Wildman–Crippen LogP) is 2.29. The van der Waals surface area contributed by atoms with Gasteiger partial charge in [0.25, 0.3) is 0 Å². The van der Waals surface area contributed by atoms with Crippen molar-refractivity contribution in [2.45, 2.75) is 19.9 Å². The summed E-state index contributed by atoms with van der Waals surface area (Å²) in [5.74, 6) is 0.922. The number of aromatic amines is 1. The third kappa shape index (κ3) is 2.15. The average Bonchev–Trinajstić information content (AvgIpc) is 2.74. The Bertz CT molecular complexity index is 422. The number of pyridine rings is 1. The first-order chi connectivity index (χ1) is 7.27. The zero-order chi connectivity index (χ0) is 10.7. The van der Waals surface area contributed by atoms with Gasteiger partial charge in [-0.05, 0) is 25.5 Å². The molecule has 78 valence electrons. The second-order valence-corrected chi connectivity index (χ2v) is 3.57. The molecule has 1 unspecified atom stereocenters. The summed E-state index contributed by atoms with van der Waals surface area (Å²) >= 11 is 0. The van der Waals surface area contributed by atoms with Crippen molar-refractivity contribution in [3.63, 3.8) is 0 Å². The van der Waals surface area contributed by atoms with E-state index in [4.69, 9.17) is 0 Å². The second-order valence-electron chi connectivity index (χ2n) is 3.57. The summed E-state index contributed by atoms with van der Waals surface area (Å²) in [5.41, 5.74) is 2.27. The van der Waals surface area contributed by atoms with Gasteiger partial charge in [-0.2, -0.15) is 5.10 Å². The van der Waals surface area contributed by atoms with E-state index in [1.54, 1.807) is 6.20 Å². The van der Waals surface area contributed by atoms with Crippen molar-refractivity contribution >= 4 is 5.82 Å². The van der Waals surface area contributed by atoms with Gasteiger partial charge in [0.05, 0.1) is 12.2 Å². The number of aryl methyl sites for hydroxylation is 1. The molecule has 0 aromatic carbocycles. The van der Waals surface area contributed by atoms with Gasteiger partial charge in [0.15, 0.2) is 0 Å². The molecule has 0 bridgehead atoms. The summed E-state index contributed by atoms with van der Waals surface area (Å²) < 4.78 is 0. The summed E-state index contributed by atoms with van der Waals surface area (Å²) in [5, 5.41) is 10.1. The molecule has 0 aliphatic carbocycles. The number of nitrogens with zero attached hydrogens (tertiary/aromatic N) is 2. The van der Waals surface area contributed by atoms with E-state index in [1.807, 2.05) is 31.5 Å². The highest BCUT2D eigenvalue weighted by Crippen LogP contribution is 2.18. The molecule has 4 heteroatoms. The maximum Gasteiger partial charge on any atom is 0.129 e. The molecule has 2 aromatic rings. The first-order valence-electron chi connectivity index (χ1n) is 4.94. The fourth-order valence-corrected chi connectivity index (χ4v) is 1.42. The third-order valence-electron chi connectivity index (χ3n) is 2.38. The highest BCUT2D eigenvalue weighted by molar-refractivity contribution is 5.44. The molecule has 2 N–H and O–H groups in total. The molecule has 0 amide bonds. The maximum atomic E-state index is 4.29. The van der Waals surface area contributed by atoms with Crippen LogP contribution in [-0.2, 0) is 0 Å². The number of nitrogens with one attached hydrogen (secondary N) is 2. The minimum absolute atomic E-state index is 0.206. The van der Waals surface area contributed by atoms with Gasteiger partial charge in [-0.1, -0.05) is 6.07 Å². The standard InChI is InChI=1S/C11H14N4/c1-8-4-3-5-12-11(8)15-9(2)10-6-13-14-7-10/h3-7,9H,1-2H3,(H,12,15)(H,13,14). The Kier molecular flexibility index (Phi) is 2.67. The lowest BCUT2D eigenvalue weighted by Crippen LogP contribution is -2.08. The molecule has 4 nitrogen and oxygen atoms in total. The van der Waals surface area contributed by atoms with Crippen LogP contribution in [0.25, 0.3) is 0 Å². The first kappa shape index (κ1) is 9.71. The van der Waals surface area contributed by atoms with Crippen LogP contribution in [0.1, 0.15) is 24.1 Å². The van der Waals surface area contributed by atoms with E-state index in [1.165, 1.54) is 0 Å². The molecule has 2 rings (SSSR count). The van der Waals surface area contributed by atoms with Crippen molar-refractivity contribution in [2.75, 3.05) is 5.32 Å². The van der Waals surface area contributed by atoms with Crippen LogP contribution < -0.4 is 5.32 Å². The molecule has 0 radical (unpaired) electrons. The van der Waals surface area contributed by atoms with Gasteiger partial charge < -0.3 is 5.32 Å². The predicted molar refractivity (Wildman–Crippen MR) is 59.6 cm³/mol. The third-order valence-corrected chi connectivity index (χ3v) is 2.38. The molecule has 1 atom stereocenters. The van der Waals surface area contributed by atoms with Crippen molar-refractivity contribution < 1.29 is 0 Å². The summed E-state index contributed by atoms with van der Waals surface area (Å²) in [6.07, 6.45) is 5.49. The van der Waals surface area contributed by atoms with Gasteiger partial charge in [-0.25, -0.2) is 4.98 Å². The van der Waals surface area contributed by atoms with Crippen LogP contribution in [-0.4, -0.2) is 15.2 Å². The van der Waals surface area contributed by atoms with Crippen LogP contribution in [0.5, 0.6) is 0 Å². The molecule has 0 aliphatic heterocycles. The van der Waals surface area contributed by atoms with Crippen LogP contribution in [0.4, 0.5) is 5.82 Å². The topological polar surface area (TPSA) is 53.6 Å². The molecule has 0 spiro atoms. The molecule has 0 fully saturated rings. The number of rotatable bonds is 3. The van der Waals surface area contributed by atoms with Crippen LogP contribution in [0, 0.1) is 6.92 Å². The minimum atomic E-state index is 0.206. The van der Waals surface area contributed by atoms with Crippen LogP contribution in [0.15, 0.2) is 30.7 Å². The Labute approximate surface area is 88.8 Å². The Balaban J connectivity index is 2.13. The van der Waals surface area contributed by atoms with Crippen molar-refractivity contribution in [2.24, 2.45) is 0 Å². The highest BCUT2D eigenvalue weighted by atomic mass is 15.1. The lowest BCUT2D eigenvalue weighted by Gasteiger charge is -2.14. The van der Waals surface area contributed by atoms with Crippen molar-refractivity contribution in [3.05, 3.63) is 41.9 Å². The van der Waals surface area contributed by atoms with E-state index >= 15 is 0 Å². The number of hydrogen-bond donors (Lipinski definition) is 2. The number of H-pyrrole nitrogens is 1. The van der Waals surface area contributed by atoms with Gasteiger partial charge in [0.2, 0.25) is 0 Å². The molecular formula is C11H14N4. The van der Waals surface area contributed by atoms with Crippen molar-refractivity contribution in [3.8, 4) is 0 Å². The zero-order valence-corrected chi connectivity index (χ0v) is 8.86. The lowest BCUT2D eigenvalue weighted by atomic mass is 10.2. The minimum Gasteiger partial charge on any atom is -0.363 e. The average molecular weight is 202 g/mol. The van der Waals surface area contributed by atoms with Crippen LogP contribution in [0.2, 0.25) is 0 Å². The molecule has 15 heavy (non-hydrogen) atoms. The van der Waals surface area contributed by atoms with Gasteiger partial charge in [0, 0.05) is 18.0 Å². The fourth-order valence-electron chi connectivity index (χ4n) is 1.42. The second kappa shape index (κ2) is 4.13. The molecular weight excluding hydrogens is 188 g/mol. The zero-order valence-electron chi connectivity index (χ0n) is 8.86. The van der Waals surface area contributed by atoms with Gasteiger partial charge >= 0.3 is 0 Å². The van der Waals surface area contributed by atoms with Gasteiger partial charge in [-0.3, -0.25) is 5.10 Å². The Hall–Kier alpha value is -1.84. The quantitative estimate of drug-likeness (QED) is 0.802. The summed E-state index contributed by atoms with van der Waals surface area (Å²) in [6, 6.07) is 4.18. The first-order valence-corrected chi connectivity index (χ1v) is 4.94. The SMILES string of the molecule is Cc1cccnc1NC(C)c1cn[nH]c1. The van der Waals surface area contributed by atoms with E-state index in [0.717, 1.165) is 16.9 Å². The normalized spacial score (nSPS) is 12.4. The van der Waals surface area contributed by atoms with E-state index in [9.17, 15) is 0 Å². The van der Waals surface area contributed by atoms with E-state index in [-0.39, 0.29) is 6.04 Å². The van der Waals surface area contributed by atoms with E-state index in [0.29, 0.717) is 0 Å². The molecule has 0 saturated heterocycles. The maximum absolute atomic E-state index is 4.29. The van der Waals surface area contributed by atoms with Crippen LogP contribution >= 0.6 is 0 Å². The lowest BCUT2D eigenvalue weighted by molar-refractivity contribution is 0.873. The molecule has 2 heterocycles. The largest absolute Gasteiger partial charge is 0.363 e. The number of anilines is 1. The Morgan fingerprint density at radius 2 is 2.33 bits per heavy atom. The van der Waals surface area contributed by atoms with Gasteiger partial charge in [-0.15, -0.1) is 0 Å². The Morgan fingerprint density at radius 1 is 1.47 bits per heavy atom. The van der Waals surface area contributed by atoms with Crippen LogP contribution in [0.3, 0.4) is 0 Å². The highest BCUT2D eigenvalue weighted by Gasteiger charge is 2.07. The van der Waals surface area contributed by atoms with Crippen molar-refractivity contribution in [1.82, 2.24) is 15.2 Å². The molecule has 2 aromatic heterocycles.